The van der Waals surface area contributed by atoms with E-state index in [4.69, 9.17) is 9.26 Å². The Labute approximate surface area is 163 Å². The van der Waals surface area contributed by atoms with Crippen molar-refractivity contribution in [1.82, 2.24) is 15.5 Å². The molecule has 6 heteroatoms. The van der Waals surface area contributed by atoms with Gasteiger partial charge in [0.25, 0.3) is 5.91 Å². The highest BCUT2D eigenvalue weighted by Gasteiger charge is 2.40. The van der Waals surface area contributed by atoms with Crippen molar-refractivity contribution in [1.29, 1.82) is 0 Å². The van der Waals surface area contributed by atoms with Gasteiger partial charge in [0.1, 0.15) is 22.8 Å². The number of nitrogens with one attached hydrogen (secondary N) is 1. The van der Waals surface area contributed by atoms with E-state index >= 15 is 0 Å². The molecule has 2 aromatic heterocycles. The zero-order chi connectivity index (χ0) is 19.6. The molecular weight excluding hydrogens is 354 g/mol. The third kappa shape index (κ3) is 3.15. The van der Waals surface area contributed by atoms with Gasteiger partial charge < -0.3 is 14.6 Å². The number of amides is 1. The van der Waals surface area contributed by atoms with Crippen molar-refractivity contribution in [3.05, 3.63) is 65.7 Å². The molecule has 0 saturated heterocycles. The van der Waals surface area contributed by atoms with Crippen LogP contribution in [0.3, 0.4) is 0 Å². The molecule has 0 atom stereocenters. The minimum absolute atomic E-state index is 0.182. The van der Waals surface area contributed by atoms with Crippen molar-refractivity contribution in [2.45, 2.75) is 38.1 Å². The number of aromatic nitrogens is 2. The first-order valence-electron chi connectivity index (χ1n) is 9.47. The lowest BCUT2D eigenvalue weighted by molar-refractivity contribution is 0.0896. The lowest BCUT2D eigenvalue weighted by Crippen LogP contribution is -2.44. The van der Waals surface area contributed by atoms with Gasteiger partial charge in [0.05, 0.1) is 12.6 Å². The van der Waals surface area contributed by atoms with Crippen molar-refractivity contribution in [3.63, 3.8) is 0 Å². The Hall–Kier alpha value is -3.15. The van der Waals surface area contributed by atoms with E-state index in [2.05, 4.69) is 15.5 Å². The molecule has 1 saturated carbocycles. The van der Waals surface area contributed by atoms with E-state index in [1.807, 2.05) is 36.4 Å². The van der Waals surface area contributed by atoms with Gasteiger partial charge in [-0.1, -0.05) is 36.2 Å². The second-order valence-corrected chi connectivity index (χ2v) is 7.14. The summed E-state index contributed by atoms with van der Waals surface area (Å²) in [7, 11) is 1.66. The quantitative estimate of drug-likeness (QED) is 0.719. The second-order valence-electron chi connectivity index (χ2n) is 7.14. The van der Waals surface area contributed by atoms with Gasteiger partial charge in [-0.15, -0.1) is 0 Å². The summed E-state index contributed by atoms with van der Waals surface area (Å²) in [6.07, 6.45) is 7.20. The van der Waals surface area contributed by atoms with Gasteiger partial charge in [-0.3, -0.25) is 9.78 Å². The number of carbonyl (C=O) groups excluding carboxylic acids is 1. The molecule has 0 aliphatic heterocycles. The molecule has 4 rings (SSSR count). The maximum atomic E-state index is 13.4. The predicted molar refractivity (Wildman–Crippen MR) is 105 cm³/mol. The molecule has 1 aliphatic carbocycles. The second kappa shape index (κ2) is 7.46. The number of methoxy groups -OCH3 is 1. The molecule has 0 spiro atoms. The zero-order valence-corrected chi connectivity index (χ0v) is 16.1. The van der Waals surface area contributed by atoms with Crippen molar-refractivity contribution < 1.29 is 14.1 Å². The molecule has 1 aromatic carbocycles. The number of rotatable bonds is 5. The Kier molecular flexibility index (Phi) is 4.86. The van der Waals surface area contributed by atoms with E-state index in [-0.39, 0.29) is 5.91 Å². The maximum Gasteiger partial charge on any atom is 0.257 e. The van der Waals surface area contributed by atoms with Crippen LogP contribution in [0.15, 0.2) is 53.3 Å². The molecule has 0 radical (unpaired) electrons. The van der Waals surface area contributed by atoms with Crippen LogP contribution in [0.1, 0.15) is 47.4 Å². The monoisotopic (exact) mass is 377 g/mol. The zero-order valence-electron chi connectivity index (χ0n) is 16.1. The number of pyridine rings is 1. The molecule has 144 valence electrons. The fraction of sp³-hybridized carbons (Fsp3) is 0.318. The highest BCUT2D eigenvalue weighted by molar-refractivity contribution is 6.01. The van der Waals surface area contributed by atoms with Crippen LogP contribution in [-0.2, 0) is 5.54 Å². The number of hydrogen-bond donors (Lipinski definition) is 1. The Bertz CT molecular complexity index is 976. The summed E-state index contributed by atoms with van der Waals surface area (Å²) in [6, 6.07) is 11.5. The largest absolute Gasteiger partial charge is 0.496 e. The first-order chi connectivity index (χ1) is 13.6. The van der Waals surface area contributed by atoms with E-state index in [1.165, 1.54) is 0 Å². The van der Waals surface area contributed by atoms with Crippen LogP contribution in [-0.4, -0.2) is 23.2 Å². The lowest BCUT2D eigenvalue weighted by Gasteiger charge is -2.32. The molecular formula is C22H23N3O3. The third-order valence-corrected chi connectivity index (χ3v) is 5.48. The summed E-state index contributed by atoms with van der Waals surface area (Å²) in [6.45, 7) is 1.76. The van der Waals surface area contributed by atoms with E-state index in [0.29, 0.717) is 17.0 Å². The molecule has 6 nitrogen and oxygen atoms in total. The van der Waals surface area contributed by atoms with Gasteiger partial charge in [-0.05, 0) is 38.0 Å². The van der Waals surface area contributed by atoms with Crippen molar-refractivity contribution in [3.8, 4) is 17.0 Å². The van der Waals surface area contributed by atoms with E-state index in [1.54, 1.807) is 26.4 Å². The fourth-order valence-corrected chi connectivity index (χ4v) is 4.11. The highest BCUT2D eigenvalue weighted by atomic mass is 16.5. The molecule has 1 aliphatic rings. The van der Waals surface area contributed by atoms with Gasteiger partial charge in [-0.25, -0.2) is 0 Å². The number of ether oxygens (including phenoxy) is 1. The summed E-state index contributed by atoms with van der Waals surface area (Å²) in [5.74, 6) is 1.11. The van der Waals surface area contributed by atoms with E-state index in [0.717, 1.165) is 42.6 Å². The van der Waals surface area contributed by atoms with Crippen LogP contribution in [0.4, 0.5) is 0 Å². The smallest absolute Gasteiger partial charge is 0.257 e. The number of benzene rings is 1. The SMILES string of the molecule is COc1ccccc1C1(NC(=O)c2c(-c3ccncc3)noc2C)CCCC1. The Morgan fingerprint density at radius 1 is 1.14 bits per heavy atom. The van der Waals surface area contributed by atoms with Crippen LogP contribution in [0.5, 0.6) is 5.75 Å². The number of nitrogens with zero attached hydrogens (tertiary/aromatic N) is 2. The van der Waals surface area contributed by atoms with Crippen LogP contribution in [0, 0.1) is 6.92 Å². The molecule has 0 bridgehead atoms. The third-order valence-electron chi connectivity index (χ3n) is 5.48. The van der Waals surface area contributed by atoms with Crippen molar-refractivity contribution >= 4 is 5.91 Å². The standard InChI is InChI=1S/C22H23N3O3/c1-15-19(20(25-28-15)16-9-13-23-14-10-16)21(26)24-22(11-5-6-12-22)17-7-3-4-8-18(17)27-2/h3-4,7-10,13-14H,5-6,11-12H2,1-2H3,(H,24,26). The summed E-state index contributed by atoms with van der Waals surface area (Å²) in [5.41, 5.74) is 2.36. The van der Waals surface area contributed by atoms with Gasteiger partial charge >= 0.3 is 0 Å². The molecule has 1 fully saturated rings. The summed E-state index contributed by atoms with van der Waals surface area (Å²) in [5, 5.41) is 7.42. The molecule has 0 unspecified atom stereocenters. The van der Waals surface area contributed by atoms with Crippen molar-refractivity contribution in [2.24, 2.45) is 0 Å². The number of aryl methyl sites for hydroxylation is 1. The van der Waals surface area contributed by atoms with Crippen LogP contribution in [0.2, 0.25) is 0 Å². The molecule has 28 heavy (non-hydrogen) atoms. The topological polar surface area (TPSA) is 77.2 Å². The van der Waals surface area contributed by atoms with Crippen LogP contribution >= 0.6 is 0 Å². The van der Waals surface area contributed by atoms with Gasteiger partial charge in [0, 0.05) is 23.5 Å². The van der Waals surface area contributed by atoms with Gasteiger partial charge in [-0.2, -0.15) is 0 Å². The number of carbonyl (C=O) groups is 1. The Balaban J connectivity index is 1.72. The maximum absolute atomic E-state index is 13.4. The predicted octanol–water partition coefficient (Wildman–Crippen LogP) is 4.25. The van der Waals surface area contributed by atoms with Crippen LogP contribution < -0.4 is 10.1 Å². The Morgan fingerprint density at radius 3 is 2.57 bits per heavy atom. The minimum Gasteiger partial charge on any atom is -0.496 e. The normalized spacial score (nSPS) is 15.4. The molecule has 1 N–H and O–H groups in total. The Morgan fingerprint density at radius 2 is 1.86 bits per heavy atom. The van der Waals surface area contributed by atoms with E-state index in [9.17, 15) is 4.79 Å². The first-order valence-corrected chi connectivity index (χ1v) is 9.47. The minimum atomic E-state index is -0.455. The summed E-state index contributed by atoms with van der Waals surface area (Å²) in [4.78, 5) is 17.4. The summed E-state index contributed by atoms with van der Waals surface area (Å²) < 4.78 is 10.9. The first kappa shape index (κ1) is 18.2. The number of hydrogen-bond acceptors (Lipinski definition) is 5. The molecule has 3 aromatic rings. The average Bonchev–Trinajstić information content (AvgIpc) is 3.36. The highest BCUT2D eigenvalue weighted by Crippen LogP contribution is 2.43. The lowest BCUT2D eigenvalue weighted by atomic mass is 9.86. The van der Waals surface area contributed by atoms with E-state index < -0.39 is 5.54 Å². The fourth-order valence-electron chi connectivity index (χ4n) is 4.11. The average molecular weight is 377 g/mol. The van der Waals surface area contributed by atoms with Gasteiger partial charge in [0.2, 0.25) is 0 Å². The van der Waals surface area contributed by atoms with Crippen molar-refractivity contribution in [2.75, 3.05) is 7.11 Å². The summed E-state index contributed by atoms with van der Waals surface area (Å²) >= 11 is 0. The van der Waals surface area contributed by atoms with Crippen LogP contribution in [0.25, 0.3) is 11.3 Å². The number of para-hydroxylation sites is 1. The van der Waals surface area contributed by atoms with Gasteiger partial charge in [0.15, 0.2) is 0 Å². The molecule has 2 heterocycles. The molecule has 1 amide bonds.